The van der Waals surface area contributed by atoms with Gasteiger partial charge < -0.3 is 0 Å². The average Bonchev–Trinajstić information content (AvgIpc) is 2.38. The molecule has 0 bridgehead atoms. The van der Waals surface area contributed by atoms with Crippen molar-refractivity contribution in [2.24, 2.45) is 0 Å². The maximum Gasteiger partial charge on any atom is 0.0778 e. The second-order valence-electron chi connectivity index (χ2n) is 3.90. The fourth-order valence-electron chi connectivity index (χ4n) is 1.71. The zero-order valence-electron chi connectivity index (χ0n) is 9.55. The Hall–Kier alpha value is -0.910. The Balaban J connectivity index is 2.58. The van der Waals surface area contributed by atoms with E-state index in [2.05, 4.69) is 6.07 Å². The van der Waals surface area contributed by atoms with Crippen LogP contribution in [0.5, 0.6) is 0 Å². The van der Waals surface area contributed by atoms with Crippen LogP contribution in [0.4, 0.5) is 0 Å². The molecule has 0 N–H and O–H groups in total. The highest BCUT2D eigenvalue weighted by atomic mass is 35.5. The van der Waals surface area contributed by atoms with Crippen molar-refractivity contribution in [2.75, 3.05) is 0 Å². The largest absolute Gasteiger partial charge is 0.198 e. The molecule has 0 spiro atoms. The van der Waals surface area contributed by atoms with Crippen molar-refractivity contribution in [3.05, 3.63) is 56.0 Å². The summed E-state index contributed by atoms with van der Waals surface area (Å²) in [4.78, 5) is 0. The van der Waals surface area contributed by atoms with Crippen LogP contribution in [0, 0.1) is 11.3 Å². The van der Waals surface area contributed by atoms with Crippen molar-refractivity contribution in [3.63, 3.8) is 0 Å². The minimum Gasteiger partial charge on any atom is -0.198 e. The molecule has 5 heteroatoms. The first-order valence-corrected chi connectivity index (χ1v) is 6.84. The van der Waals surface area contributed by atoms with Crippen molar-refractivity contribution >= 4 is 46.4 Å². The van der Waals surface area contributed by atoms with E-state index in [-0.39, 0.29) is 0 Å². The molecule has 0 saturated carbocycles. The van der Waals surface area contributed by atoms with Crippen LogP contribution < -0.4 is 0 Å². The second-order valence-corrected chi connectivity index (χ2v) is 5.50. The molecule has 0 heterocycles. The molecule has 0 amide bonds. The van der Waals surface area contributed by atoms with Gasteiger partial charge in [0.25, 0.3) is 0 Å². The minimum absolute atomic E-state index is 0.316. The number of hydrogen-bond acceptors (Lipinski definition) is 1. The van der Waals surface area contributed by atoms with E-state index in [0.29, 0.717) is 26.5 Å². The fraction of sp³-hybridized carbons (Fsp3) is 0.0714. The molecule has 19 heavy (non-hydrogen) atoms. The van der Waals surface area contributed by atoms with E-state index in [4.69, 9.17) is 51.7 Å². The highest BCUT2D eigenvalue weighted by molar-refractivity contribution is 6.48. The maximum atomic E-state index is 8.73. The Morgan fingerprint density at radius 1 is 0.895 bits per heavy atom. The van der Waals surface area contributed by atoms with E-state index < -0.39 is 0 Å². The smallest absolute Gasteiger partial charge is 0.0778 e. The molecule has 0 radical (unpaired) electrons. The zero-order valence-corrected chi connectivity index (χ0v) is 12.6. The van der Waals surface area contributed by atoms with Crippen LogP contribution in [-0.2, 0) is 6.42 Å². The van der Waals surface area contributed by atoms with E-state index in [1.807, 2.05) is 12.1 Å². The Labute approximate surface area is 131 Å². The first-order valence-electron chi connectivity index (χ1n) is 5.33. The van der Waals surface area contributed by atoms with Gasteiger partial charge in [0.2, 0.25) is 0 Å². The molecular formula is C14H7Cl4N. The van der Waals surface area contributed by atoms with Crippen LogP contribution in [0.2, 0.25) is 20.1 Å². The van der Waals surface area contributed by atoms with E-state index in [1.165, 1.54) is 0 Å². The molecule has 2 aromatic rings. The Kier molecular flexibility index (Phi) is 4.60. The third-order valence-corrected chi connectivity index (χ3v) is 4.14. The molecule has 0 fully saturated rings. The third-order valence-electron chi connectivity index (χ3n) is 2.61. The Bertz CT molecular complexity index is 651. The summed E-state index contributed by atoms with van der Waals surface area (Å²) in [7, 11) is 0. The fourth-order valence-corrected chi connectivity index (χ4v) is 2.53. The monoisotopic (exact) mass is 329 g/mol. The van der Waals surface area contributed by atoms with Gasteiger partial charge in [-0.3, -0.25) is 0 Å². The molecule has 0 atom stereocenters. The average molecular weight is 331 g/mol. The lowest BCUT2D eigenvalue weighted by atomic mass is 10.0. The lowest BCUT2D eigenvalue weighted by molar-refractivity contribution is 1.26. The van der Waals surface area contributed by atoms with Crippen LogP contribution in [0.1, 0.15) is 5.56 Å². The summed E-state index contributed by atoms with van der Waals surface area (Å²) in [6, 6.07) is 10.9. The molecule has 96 valence electrons. The Morgan fingerprint density at radius 3 is 2.11 bits per heavy atom. The van der Waals surface area contributed by atoms with Gasteiger partial charge in [0, 0.05) is 10.6 Å². The van der Waals surface area contributed by atoms with Gasteiger partial charge >= 0.3 is 0 Å². The standard InChI is InChI=1S/C14H7Cl4N/c15-11-2-1-8(3-4-19)5-10(11)9-6-12(16)14(18)13(17)7-9/h1-2,5-7H,3H2. The zero-order chi connectivity index (χ0) is 14.0. The van der Waals surface area contributed by atoms with Gasteiger partial charge in [-0.05, 0) is 35.4 Å². The summed E-state index contributed by atoms with van der Waals surface area (Å²) in [5.74, 6) is 0. The summed E-state index contributed by atoms with van der Waals surface area (Å²) in [5.41, 5.74) is 2.42. The molecule has 0 aliphatic heterocycles. The molecule has 0 aliphatic carbocycles. The van der Waals surface area contributed by atoms with Crippen molar-refractivity contribution in [1.82, 2.24) is 0 Å². The van der Waals surface area contributed by atoms with Crippen LogP contribution in [-0.4, -0.2) is 0 Å². The van der Waals surface area contributed by atoms with Gasteiger partial charge in [-0.2, -0.15) is 5.26 Å². The van der Waals surface area contributed by atoms with Crippen LogP contribution in [0.25, 0.3) is 11.1 Å². The van der Waals surface area contributed by atoms with Gasteiger partial charge in [0.15, 0.2) is 0 Å². The van der Waals surface area contributed by atoms with Crippen LogP contribution in [0.15, 0.2) is 30.3 Å². The summed E-state index contributed by atoms with van der Waals surface area (Å²) < 4.78 is 0. The predicted octanol–water partition coefficient (Wildman–Crippen LogP) is 6.03. The number of halogens is 4. The molecule has 0 saturated heterocycles. The molecule has 0 unspecified atom stereocenters. The summed E-state index contributed by atoms with van der Waals surface area (Å²) in [5, 5.41) is 10.3. The number of nitrogens with zero attached hydrogens (tertiary/aromatic N) is 1. The first-order chi connectivity index (χ1) is 9.02. The highest BCUT2D eigenvalue weighted by Gasteiger charge is 2.10. The number of rotatable bonds is 2. The topological polar surface area (TPSA) is 23.8 Å². The minimum atomic E-state index is 0.316. The molecule has 0 aliphatic rings. The van der Waals surface area contributed by atoms with Gasteiger partial charge in [-0.25, -0.2) is 0 Å². The van der Waals surface area contributed by atoms with E-state index >= 15 is 0 Å². The number of nitriles is 1. The lowest BCUT2D eigenvalue weighted by Gasteiger charge is -2.09. The van der Waals surface area contributed by atoms with Gasteiger partial charge in [0.1, 0.15) is 0 Å². The van der Waals surface area contributed by atoms with Crippen molar-refractivity contribution < 1.29 is 0 Å². The van der Waals surface area contributed by atoms with Crippen molar-refractivity contribution in [3.8, 4) is 17.2 Å². The SMILES string of the molecule is N#CCc1ccc(Cl)c(-c2cc(Cl)c(Cl)c(Cl)c2)c1. The second kappa shape index (κ2) is 6.03. The molecule has 0 aromatic heterocycles. The summed E-state index contributed by atoms with van der Waals surface area (Å²) >= 11 is 24.1. The quantitative estimate of drug-likeness (QED) is 0.616. The normalized spacial score (nSPS) is 10.3. The molecule has 1 nitrogen and oxygen atoms in total. The number of benzene rings is 2. The molecule has 2 aromatic carbocycles. The van der Waals surface area contributed by atoms with Gasteiger partial charge in [-0.1, -0.05) is 52.5 Å². The van der Waals surface area contributed by atoms with E-state index in [9.17, 15) is 0 Å². The first kappa shape index (κ1) is 14.5. The van der Waals surface area contributed by atoms with E-state index in [0.717, 1.165) is 16.7 Å². The summed E-state index contributed by atoms with van der Waals surface area (Å²) in [6.07, 6.45) is 0.319. The lowest BCUT2D eigenvalue weighted by Crippen LogP contribution is -1.86. The molecule has 2 rings (SSSR count). The van der Waals surface area contributed by atoms with E-state index in [1.54, 1.807) is 18.2 Å². The van der Waals surface area contributed by atoms with Crippen LogP contribution >= 0.6 is 46.4 Å². The third kappa shape index (κ3) is 3.16. The molecular weight excluding hydrogens is 324 g/mol. The van der Waals surface area contributed by atoms with Gasteiger partial charge in [0.05, 0.1) is 27.6 Å². The maximum absolute atomic E-state index is 8.73. The summed E-state index contributed by atoms with van der Waals surface area (Å²) in [6.45, 7) is 0. The van der Waals surface area contributed by atoms with Crippen molar-refractivity contribution in [1.29, 1.82) is 5.26 Å². The van der Waals surface area contributed by atoms with Crippen LogP contribution in [0.3, 0.4) is 0 Å². The van der Waals surface area contributed by atoms with Crippen molar-refractivity contribution in [2.45, 2.75) is 6.42 Å². The van der Waals surface area contributed by atoms with Gasteiger partial charge in [-0.15, -0.1) is 0 Å². The highest BCUT2D eigenvalue weighted by Crippen LogP contribution is 2.37. The Morgan fingerprint density at radius 2 is 1.53 bits per heavy atom. The predicted molar refractivity (Wildman–Crippen MR) is 81.2 cm³/mol. The number of hydrogen-bond donors (Lipinski definition) is 0.